The standard InChI is InChI=1S/C47H59N7O10S2/c1-9-28-15-17-31(18-16-28)64-66(59,60)53-43(57)47(24-29(47)10-2)52-41(55)38-22-33(25-54(38)42(56)40(46(5,6)7)51-45(58)63-30-13-11-12-14-30)62-39-23-36(37-26-65-44(50-37)48-27(3)4)49-35-21-32(61-8)19-20-34(35)39/h10,15-21,23,26-27,29-30,33,38,40H,2,9,11-14,22,24-25H2,1,3-8H3,(H,48,50)(H,51,58)(H,52,55)(H,53,57)/t29-,33-,38+,40-,47-/m1/s1. The van der Waals surface area contributed by atoms with Gasteiger partial charge in [0.25, 0.3) is 5.91 Å². The lowest BCUT2D eigenvalue weighted by Gasteiger charge is -2.35. The number of hydrogen-bond acceptors (Lipinski definition) is 14. The average Bonchev–Trinajstić information content (AvgIpc) is 3.67. The quantitative estimate of drug-likeness (QED) is 0.0814. The summed E-state index contributed by atoms with van der Waals surface area (Å²) in [4.78, 5) is 67.9. The van der Waals surface area contributed by atoms with Crippen LogP contribution in [0.2, 0.25) is 0 Å². The number of likely N-dealkylation sites (tertiary alicyclic amines) is 1. The molecule has 354 valence electrons. The van der Waals surface area contributed by atoms with Crippen molar-refractivity contribution >= 4 is 61.5 Å². The minimum absolute atomic E-state index is 0.00496. The highest BCUT2D eigenvalue weighted by Crippen LogP contribution is 2.45. The number of ether oxygens (including phenoxy) is 3. The molecule has 4 N–H and O–H groups in total. The lowest BCUT2D eigenvalue weighted by Crippen LogP contribution is -2.60. The molecule has 0 spiro atoms. The van der Waals surface area contributed by atoms with E-state index in [9.17, 15) is 27.6 Å². The fourth-order valence-electron chi connectivity index (χ4n) is 8.39. The molecular weight excluding hydrogens is 887 g/mol. The van der Waals surface area contributed by atoms with Crippen molar-refractivity contribution in [3.63, 3.8) is 0 Å². The van der Waals surface area contributed by atoms with Crippen LogP contribution in [0.1, 0.15) is 85.6 Å². The maximum atomic E-state index is 14.9. The summed E-state index contributed by atoms with van der Waals surface area (Å²) < 4.78 is 51.5. The number of amides is 4. The molecule has 0 unspecified atom stereocenters. The summed E-state index contributed by atoms with van der Waals surface area (Å²) in [5.41, 5.74) is 0.0589. The normalized spacial score (nSPS) is 21.2. The molecule has 4 amide bonds. The van der Waals surface area contributed by atoms with Crippen LogP contribution in [0, 0.1) is 11.3 Å². The number of aromatic nitrogens is 2. The number of thiazole rings is 1. The van der Waals surface area contributed by atoms with Gasteiger partial charge in [0.05, 0.1) is 24.9 Å². The van der Waals surface area contributed by atoms with Gasteiger partial charge in [-0.25, -0.2) is 19.5 Å². The van der Waals surface area contributed by atoms with Crippen LogP contribution in [0.5, 0.6) is 17.2 Å². The molecule has 19 heteroatoms. The van der Waals surface area contributed by atoms with Crippen LogP contribution in [0.3, 0.4) is 0 Å². The van der Waals surface area contributed by atoms with Crippen LogP contribution in [-0.4, -0.2) is 96.6 Å². The van der Waals surface area contributed by atoms with Crippen LogP contribution in [0.15, 0.2) is 66.6 Å². The fourth-order valence-corrected chi connectivity index (χ4v) is 10.1. The number of pyridine rings is 1. The number of hydrogen-bond donors (Lipinski definition) is 4. The second-order valence-corrected chi connectivity index (χ2v) is 20.6. The van der Waals surface area contributed by atoms with E-state index in [4.69, 9.17) is 28.4 Å². The number of rotatable bonds is 17. The van der Waals surface area contributed by atoms with E-state index in [2.05, 4.69) is 22.5 Å². The topological polar surface area (TPSA) is 216 Å². The summed E-state index contributed by atoms with van der Waals surface area (Å²) in [6.45, 7) is 15.1. The number of fused-ring (bicyclic) bond motifs is 1. The van der Waals surface area contributed by atoms with Gasteiger partial charge in [-0.1, -0.05) is 45.9 Å². The molecule has 3 fully saturated rings. The first-order chi connectivity index (χ1) is 31.3. The molecule has 0 radical (unpaired) electrons. The van der Waals surface area contributed by atoms with Gasteiger partial charge in [0, 0.05) is 41.3 Å². The fraction of sp³-hybridized carbons (Fsp3) is 0.489. The van der Waals surface area contributed by atoms with Gasteiger partial charge in [-0.05, 0) is 87.6 Å². The van der Waals surface area contributed by atoms with E-state index >= 15 is 0 Å². The number of carbonyl (C=O) groups is 4. The Morgan fingerprint density at radius 1 is 1.00 bits per heavy atom. The number of carbonyl (C=O) groups excluding carboxylic acids is 4. The van der Waals surface area contributed by atoms with Crippen LogP contribution < -0.4 is 34.3 Å². The highest BCUT2D eigenvalue weighted by molar-refractivity contribution is 7.85. The summed E-state index contributed by atoms with van der Waals surface area (Å²) in [7, 11) is -3.13. The number of nitrogens with zero attached hydrogens (tertiary/aromatic N) is 3. The SMILES string of the molecule is C=C[C@@H]1C[C@]1(NC(=O)[C@@H]1C[C@@H](Oc2cc(-c3csc(NC(C)C)n3)nc3cc(OC)ccc23)CN1C(=O)[C@@H](NC(=O)OC1CCCC1)C(C)(C)C)C(=O)NS(=O)(=O)Oc1ccc(CC)cc1. The molecular formula is C47H59N7O10S2. The maximum Gasteiger partial charge on any atom is 0.409 e. The maximum absolute atomic E-state index is 14.9. The van der Waals surface area contributed by atoms with Gasteiger partial charge in [-0.2, -0.15) is 8.42 Å². The Bertz CT molecular complexity index is 2570. The molecule has 4 aromatic rings. The van der Waals surface area contributed by atoms with E-state index in [0.717, 1.165) is 42.8 Å². The van der Waals surface area contributed by atoms with Crippen molar-refractivity contribution in [2.45, 2.75) is 122 Å². The van der Waals surface area contributed by atoms with E-state index in [-0.39, 0.29) is 37.3 Å². The largest absolute Gasteiger partial charge is 0.497 e. The zero-order chi connectivity index (χ0) is 47.6. The smallest absolute Gasteiger partial charge is 0.409 e. The highest BCUT2D eigenvalue weighted by Gasteiger charge is 2.62. The Balaban J connectivity index is 1.19. The van der Waals surface area contributed by atoms with E-state index < -0.39 is 69.2 Å². The minimum Gasteiger partial charge on any atom is -0.497 e. The Labute approximate surface area is 389 Å². The molecule has 1 aliphatic heterocycles. The van der Waals surface area contributed by atoms with Gasteiger partial charge in [0.2, 0.25) is 11.8 Å². The molecule has 1 saturated heterocycles. The van der Waals surface area contributed by atoms with E-state index in [0.29, 0.717) is 33.8 Å². The van der Waals surface area contributed by atoms with E-state index in [1.165, 1.54) is 34.4 Å². The van der Waals surface area contributed by atoms with Crippen LogP contribution in [-0.2, 0) is 35.8 Å². The number of nitrogens with one attached hydrogen (secondary N) is 4. The second-order valence-electron chi connectivity index (χ2n) is 18.4. The molecule has 66 heavy (non-hydrogen) atoms. The summed E-state index contributed by atoms with van der Waals surface area (Å²) in [5.74, 6) is -2.01. The highest BCUT2D eigenvalue weighted by atomic mass is 32.2. The number of benzene rings is 2. The number of methoxy groups -OCH3 is 1. The monoisotopic (exact) mass is 945 g/mol. The lowest BCUT2D eigenvalue weighted by atomic mass is 9.85. The first kappa shape index (κ1) is 48.0. The van der Waals surface area contributed by atoms with Crippen molar-refractivity contribution < 1.29 is 46.0 Å². The third kappa shape index (κ3) is 11.0. The van der Waals surface area contributed by atoms with Crippen molar-refractivity contribution in [3.8, 4) is 28.6 Å². The van der Waals surface area contributed by atoms with Gasteiger partial charge in [-0.3, -0.25) is 14.4 Å². The predicted molar refractivity (Wildman–Crippen MR) is 250 cm³/mol. The minimum atomic E-state index is -4.69. The van der Waals surface area contributed by atoms with Crippen molar-refractivity contribution in [3.05, 3.63) is 72.1 Å². The van der Waals surface area contributed by atoms with Crippen LogP contribution in [0.25, 0.3) is 22.3 Å². The molecule has 2 aliphatic carbocycles. The van der Waals surface area contributed by atoms with Gasteiger partial charge in [0.1, 0.15) is 52.8 Å². The molecule has 5 atom stereocenters. The zero-order valence-electron chi connectivity index (χ0n) is 38.3. The summed E-state index contributed by atoms with van der Waals surface area (Å²) in [6, 6.07) is 11.3. The molecule has 17 nitrogen and oxygen atoms in total. The van der Waals surface area contributed by atoms with Gasteiger partial charge in [0.15, 0.2) is 5.13 Å². The third-order valence-corrected chi connectivity index (χ3v) is 13.7. The summed E-state index contributed by atoms with van der Waals surface area (Å²) in [5, 5.41) is 12.1. The third-order valence-electron chi connectivity index (χ3n) is 12.1. The van der Waals surface area contributed by atoms with E-state index in [1.54, 1.807) is 58.2 Å². The molecule has 3 heterocycles. The Morgan fingerprint density at radius 2 is 1.71 bits per heavy atom. The van der Waals surface area contributed by atoms with Crippen molar-refractivity contribution in [2.24, 2.45) is 11.3 Å². The number of aryl methyl sites for hydroxylation is 1. The lowest BCUT2D eigenvalue weighted by molar-refractivity contribution is -0.143. The molecule has 2 saturated carbocycles. The average molecular weight is 946 g/mol. The Kier molecular flexibility index (Phi) is 14.2. The second kappa shape index (κ2) is 19.5. The summed E-state index contributed by atoms with van der Waals surface area (Å²) >= 11 is 1.44. The van der Waals surface area contributed by atoms with E-state index in [1.807, 2.05) is 36.9 Å². The molecule has 7 rings (SSSR count). The Morgan fingerprint density at radius 3 is 2.35 bits per heavy atom. The molecule has 0 bridgehead atoms. The first-order valence-electron chi connectivity index (χ1n) is 22.3. The predicted octanol–water partition coefficient (Wildman–Crippen LogP) is 6.68. The molecule has 2 aromatic carbocycles. The zero-order valence-corrected chi connectivity index (χ0v) is 40.0. The molecule has 3 aliphatic rings. The van der Waals surface area contributed by atoms with Crippen molar-refractivity contribution in [2.75, 3.05) is 19.0 Å². The Hall–Kier alpha value is -5.95. The summed E-state index contributed by atoms with van der Waals surface area (Å²) in [6.07, 6.45) is 3.72. The van der Waals surface area contributed by atoms with Crippen molar-refractivity contribution in [1.29, 1.82) is 0 Å². The number of anilines is 1. The molecule has 2 aromatic heterocycles. The van der Waals surface area contributed by atoms with Crippen LogP contribution >= 0.6 is 11.3 Å². The number of alkyl carbamates (subject to hydrolysis) is 1. The van der Waals surface area contributed by atoms with Gasteiger partial charge < -0.3 is 39.2 Å². The van der Waals surface area contributed by atoms with Crippen molar-refractivity contribution in [1.82, 2.24) is 30.2 Å². The van der Waals surface area contributed by atoms with Gasteiger partial charge >= 0.3 is 16.4 Å². The van der Waals surface area contributed by atoms with Gasteiger partial charge in [-0.15, -0.1) is 17.9 Å². The van der Waals surface area contributed by atoms with Crippen LogP contribution in [0.4, 0.5) is 9.93 Å². The first-order valence-corrected chi connectivity index (χ1v) is 24.6.